The van der Waals surface area contributed by atoms with Gasteiger partial charge in [-0.2, -0.15) is 0 Å². The summed E-state index contributed by atoms with van der Waals surface area (Å²) >= 11 is 1.26. The summed E-state index contributed by atoms with van der Waals surface area (Å²) in [5, 5.41) is 1.83. The summed E-state index contributed by atoms with van der Waals surface area (Å²) in [5.74, 6) is -1.33. The smallest absolute Gasteiger partial charge is 0.380 e. The molecule has 0 radical (unpaired) electrons. The number of ether oxygens (including phenoxy) is 1. The van der Waals surface area contributed by atoms with E-state index in [1.54, 1.807) is 13.0 Å². The van der Waals surface area contributed by atoms with E-state index >= 15 is 0 Å². The second-order valence-electron chi connectivity index (χ2n) is 2.54. The van der Waals surface area contributed by atoms with Gasteiger partial charge in [0.25, 0.3) is 5.78 Å². The number of aryl methyl sites for hydroxylation is 1. The van der Waals surface area contributed by atoms with Gasteiger partial charge in [-0.25, -0.2) is 4.79 Å². The third kappa shape index (κ3) is 2.39. The quantitative estimate of drug-likeness (QED) is 0.422. The van der Waals surface area contributed by atoms with Crippen LogP contribution in [0.25, 0.3) is 0 Å². The Labute approximate surface area is 80.3 Å². The van der Waals surface area contributed by atoms with Gasteiger partial charge in [0.2, 0.25) is 0 Å². The number of esters is 1. The molecule has 1 heterocycles. The zero-order valence-corrected chi connectivity index (χ0v) is 8.31. The van der Waals surface area contributed by atoms with Gasteiger partial charge in [-0.3, -0.25) is 4.79 Å². The first kappa shape index (κ1) is 9.92. The van der Waals surface area contributed by atoms with Crippen molar-refractivity contribution in [2.24, 2.45) is 0 Å². The second-order valence-corrected chi connectivity index (χ2v) is 3.45. The monoisotopic (exact) mass is 198 g/mol. The molecule has 1 rings (SSSR count). The Hall–Kier alpha value is -1.16. The molecule has 0 aliphatic heterocycles. The molecule has 0 fully saturated rings. The molecule has 0 atom stereocenters. The zero-order valence-electron chi connectivity index (χ0n) is 7.49. The summed E-state index contributed by atoms with van der Waals surface area (Å²) in [4.78, 5) is 22.7. The number of ketones is 1. The van der Waals surface area contributed by atoms with E-state index in [0.29, 0.717) is 4.88 Å². The lowest BCUT2D eigenvalue weighted by Crippen LogP contribution is -2.16. The summed E-state index contributed by atoms with van der Waals surface area (Å²) in [6.07, 6.45) is 0. The highest BCUT2D eigenvalue weighted by Crippen LogP contribution is 2.14. The molecule has 0 aliphatic carbocycles. The van der Waals surface area contributed by atoms with Crippen LogP contribution in [0.1, 0.15) is 22.2 Å². The van der Waals surface area contributed by atoms with Gasteiger partial charge in [0, 0.05) is 0 Å². The fraction of sp³-hybridized carbons (Fsp3) is 0.333. The number of hydrogen-bond acceptors (Lipinski definition) is 4. The maximum atomic E-state index is 11.3. The van der Waals surface area contributed by atoms with Crippen molar-refractivity contribution in [1.82, 2.24) is 0 Å². The summed E-state index contributed by atoms with van der Waals surface area (Å²) in [7, 11) is 0. The Morgan fingerprint density at radius 2 is 2.23 bits per heavy atom. The van der Waals surface area contributed by atoms with Gasteiger partial charge >= 0.3 is 5.97 Å². The molecule has 0 aromatic carbocycles. The van der Waals surface area contributed by atoms with Crippen molar-refractivity contribution < 1.29 is 14.3 Å². The number of hydrogen-bond donors (Lipinski definition) is 0. The zero-order chi connectivity index (χ0) is 9.84. The molecular weight excluding hydrogens is 188 g/mol. The SMILES string of the molecule is CCOC(=O)C(=O)c1cc(C)cs1. The molecule has 4 heteroatoms. The molecule has 0 bridgehead atoms. The molecular formula is C9H10O3S. The van der Waals surface area contributed by atoms with Crippen LogP contribution < -0.4 is 0 Å². The standard InChI is InChI=1S/C9H10O3S/c1-3-12-9(11)8(10)7-4-6(2)5-13-7/h4-5H,3H2,1-2H3. The van der Waals surface area contributed by atoms with E-state index in [2.05, 4.69) is 4.74 Å². The fourth-order valence-corrected chi connectivity index (χ4v) is 1.67. The number of thiophene rings is 1. The normalized spacial score (nSPS) is 9.69. The highest BCUT2D eigenvalue weighted by atomic mass is 32.1. The third-order valence-electron chi connectivity index (χ3n) is 1.42. The number of carbonyl (C=O) groups excluding carboxylic acids is 2. The predicted molar refractivity (Wildman–Crippen MR) is 50.0 cm³/mol. The Kier molecular flexibility index (Phi) is 3.19. The van der Waals surface area contributed by atoms with Gasteiger partial charge in [-0.15, -0.1) is 11.3 Å². The predicted octanol–water partition coefficient (Wildman–Crippen LogP) is 1.80. The third-order valence-corrected chi connectivity index (χ3v) is 2.46. The van der Waals surface area contributed by atoms with Crippen molar-refractivity contribution in [2.45, 2.75) is 13.8 Å². The number of carbonyl (C=O) groups is 2. The average Bonchev–Trinajstić information content (AvgIpc) is 2.51. The highest BCUT2D eigenvalue weighted by molar-refractivity contribution is 7.13. The molecule has 1 aromatic heterocycles. The maximum absolute atomic E-state index is 11.3. The number of rotatable bonds is 3. The Morgan fingerprint density at radius 1 is 1.54 bits per heavy atom. The van der Waals surface area contributed by atoms with Crippen molar-refractivity contribution in [2.75, 3.05) is 6.61 Å². The lowest BCUT2D eigenvalue weighted by Gasteiger charge is -1.96. The van der Waals surface area contributed by atoms with Crippen LogP contribution in [0.2, 0.25) is 0 Å². The minimum absolute atomic E-state index is 0.231. The summed E-state index contributed by atoms with van der Waals surface area (Å²) in [6, 6.07) is 1.68. The number of Topliss-reactive ketones (excluding diaryl/α,β-unsaturated/α-hetero) is 1. The van der Waals surface area contributed by atoms with Crippen molar-refractivity contribution in [3.05, 3.63) is 21.9 Å². The van der Waals surface area contributed by atoms with E-state index in [-0.39, 0.29) is 6.61 Å². The lowest BCUT2D eigenvalue weighted by atomic mass is 10.3. The summed E-state index contributed by atoms with van der Waals surface area (Å²) in [5.41, 5.74) is 0.984. The van der Waals surface area contributed by atoms with Gasteiger partial charge < -0.3 is 4.74 Å². The van der Waals surface area contributed by atoms with E-state index < -0.39 is 11.8 Å². The largest absolute Gasteiger partial charge is 0.460 e. The molecule has 0 unspecified atom stereocenters. The van der Waals surface area contributed by atoms with Crippen LogP contribution in [0, 0.1) is 6.92 Å². The van der Waals surface area contributed by atoms with Gasteiger partial charge in [0.1, 0.15) is 0 Å². The van der Waals surface area contributed by atoms with E-state index in [9.17, 15) is 9.59 Å². The molecule has 3 nitrogen and oxygen atoms in total. The molecule has 0 saturated carbocycles. The van der Waals surface area contributed by atoms with Crippen LogP contribution >= 0.6 is 11.3 Å². The first-order valence-electron chi connectivity index (χ1n) is 3.91. The van der Waals surface area contributed by atoms with Crippen LogP contribution in [0.3, 0.4) is 0 Å². The first-order chi connectivity index (χ1) is 6.15. The minimum atomic E-state index is -0.774. The van der Waals surface area contributed by atoms with Crippen LogP contribution in [0.15, 0.2) is 11.4 Å². The van der Waals surface area contributed by atoms with Gasteiger partial charge in [0.05, 0.1) is 11.5 Å². The highest BCUT2D eigenvalue weighted by Gasteiger charge is 2.18. The molecule has 70 valence electrons. The molecule has 1 aromatic rings. The Balaban J connectivity index is 2.73. The molecule has 0 saturated heterocycles. The van der Waals surface area contributed by atoms with Gasteiger partial charge in [-0.05, 0) is 30.9 Å². The first-order valence-corrected chi connectivity index (χ1v) is 4.79. The van der Waals surface area contributed by atoms with Crippen molar-refractivity contribution in [3.63, 3.8) is 0 Å². The van der Waals surface area contributed by atoms with E-state index in [1.807, 2.05) is 12.3 Å². The van der Waals surface area contributed by atoms with Gasteiger partial charge in [-0.1, -0.05) is 0 Å². The minimum Gasteiger partial charge on any atom is -0.460 e. The van der Waals surface area contributed by atoms with Crippen LogP contribution in [-0.2, 0) is 9.53 Å². The maximum Gasteiger partial charge on any atom is 0.380 e. The van der Waals surface area contributed by atoms with Gasteiger partial charge in [0.15, 0.2) is 0 Å². The van der Waals surface area contributed by atoms with E-state index in [4.69, 9.17) is 0 Å². The average molecular weight is 198 g/mol. The van der Waals surface area contributed by atoms with Crippen molar-refractivity contribution in [1.29, 1.82) is 0 Å². The van der Waals surface area contributed by atoms with Crippen LogP contribution in [0.5, 0.6) is 0 Å². The molecule has 0 aliphatic rings. The topological polar surface area (TPSA) is 43.4 Å². The molecule has 0 spiro atoms. The Bertz CT molecular complexity index is 327. The molecule has 13 heavy (non-hydrogen) atoms. The van der Waals surface area contributed by atoms with Crippen LogP contribution in [0.4, 0.5) is 0 Å². The lowest BCUT2D eigenvalue weighted by molar-refractivity contribution is -0.137. The van der Waals surface area contributed by atoms with Crippen molar-refractivity contribution in [3.8, 4) is 0 Å². The second kappa shape index (κ2) is 4.18. The van der Waals surface area contributed by atoms with E-state index in [1.165, 1.54) is 11.3 Å². The van der Waals surface area contributed by atoms with Crippen molar-refractivity contribution >= 4 is 23.1 Å². The summed E-state index contributed by atoms with van der Waals surface area (Å²) < 4.78 is 4.59. The molecule has 0 N–H and O–H groups in total. The fourth-order valence-electron chi connectivity index (χ4n) is 0.848. The molecule has 0 amide bonds. The van der Waals surface area contributed by atoms with E-state index in [0.717, 1.165) is 5.56 Å². The van der Waals surface area contributed by atoms with Crippen LogP contribution in [-0.4, -0.2) is 18.4 Å². The summed E-state index contributed by atoms with van der Waals surface area (Å²) in [6.45, 7) is 3.78. The Morgan fingerprint density at radius 3 is 2.69 bits per heavy atom.